The lowest BCUT2D eigenvalue weighted by atomic mass is 10.1. The molecule has 20 heavy (non-hydrogen) atoms. The minimum atomic E-state index is -0.157. The summed E-state index contributed by atoms with van der Waals surface area (Å²) in [5, 5.41) is 5.97. The van der Waals surface area contributed by atoms with Gasteiger partial charge >= 0.3 is 0 Å². The van der Waals surface area contributed by atoms with Crippen molar-refractivity contribution in [3.63, 3.8) is 0 Å². The van der Waals surface area contributed by atoms with Crippen LogP contribution in [0, 0.1) is 20.8 Å². The predicted octanol–water partition coefficient (Wildman–Crippen LogP) is 3.30. The number of carbonyl (C=O) groups is 1. The van der Waals surface area contributed by atoms with Crippen molar-refractivity contribution in [3.8, 4) is 0 Å². The van der Waals surface area contributed by atoms with Crippen LogP contribution in [-0.4, -0.2) is 17.9 Å². The van der Waals surface area contributed by atoms with Gasteiger partial charge in [0.2, 0.25) is 0 Å². The molecule has 0 bridgehead atoms. The molecule has 0 saturated carbocycles. The van der Waals surface area contributed by atoms with Crippen LogP contribution in [0.5, 0.6) is 0 Å². The van der Waals surface area contributed by atoms with Crippen molar-refractivity contribution in [2.75, 3.05) is 17.7 Å². The highest BCUT2D eigenvalue weighted by Gasteiger charge is 2.13. The van der Waals surface area contributed by atoms with Gasteiger partial charge < -0.3 is 10.6 Å². The molecule has 0 spiro atoms. The Labute approximate surface area is 119 Å². The number of aromatic nitrogens is 1. The predicted molar refractivity (Wildman–Crippen MR) is 82.4 cm³/mol. The van der Waals surface area contributed by atoms with E-state index in [1.54, 1.807) is 13.2 Å². The first-order valence-corrected chi connectivity index (χ1v) is 6.54. The van der Waals surface area contributed by atoms with Crippen molar-refractivity contribution in [2.45, 2.75) is 20.8 Å². The molecular weight excluding hydrogens is 250 g/mol. The lowest BCUT2D eigenvalue weighted by Gasteiger charge is -2.12. The average molecular weight is 269 g/mol. The molecule has 0 fully saturated rings. The van der Waals surface area contributed by atoms with Gasteiger partial charge in [-0.1, -0.05) is 12.1 Å². The fourth-order valence-corrected chi connectivity index (χ4v) is 2.01. The Bertz CT molecular complexity index is 650. The van der Waals surface area contributed by atoms with Crippen LogP contribution in [-0.2, 0) is 0 Å². The SMILES string of the molecule is CNc1cc(C)ncc1C(=O)Nc1cc(C)ccc1C. The zero-order chi connectivity index (χ0) is 14.7. The first kappa shape index (κ1) is 14.1. The average Bonchev–Trinajstić information content (AvgIpc) is 2.42. The van der Waals surface area contributed by atoms with Gasteiger partial charge in [-0.3, -0.25) is 9.78 Å². The van der Waals surface area contributed by atoms with Crippen LogP contribution in [0.4, 0.5) is 11.4 Å². The second-order valence-corrected chi connectivity index (χ2v) is 4.89. The lowest BCUT2D eigenvalue weighted by molar-refractivity contribution is 0.102. The minimum Gasteiger partial charge on any atom is -0.387 e. The van der Waals surface area contributed by atoms with E-state index >= 15 is 0 Å². The number of nitrogens with one attached hydrogen (secondary N) is 2. The van der Waals surface area contributed by atoms with E-state index in [2.05, 4.69) is 15.6 Å². The topological polar surface area (TPSA) is 54.0 Å². The van der Waals surface area contributed by atoms with Crippen molar-refractivity contribution in [1.82, 2.24) is 4.98 Å². The number of carbonyl (C=O) groups excluding carboxylic acids is 1. The zero-order valence-corrected chi connectivity index (χ0v) is 12.2. The molecule has 104 valence electrons. The van der Waals surface area contributed by atoms with Crippen LogP contribution in [0.25, 0.3) is 0 Å². The maximum absolute atomic E-state index is 12.4. The summed E-state index contributed by atoms with van der Waals surface area (Å²) >= 11 is 0. The van der Waals surface area contributed by atoms with E-state index in [4.69, 9.17) is 0 Å². The van der Waals surface area contributed by atoms with E-state index in [-0.39, 0.29) is 5.91 Å². The van der Waals surface area contributed by atoms with Crippen molar-refractivity contribution < 1.29 is 4.79 Å². The van der Waals surface area contributed by atoms with Crippen LogP contribution in [0.2, 0.25) is 0 Å². The highest BCUT2D eigenvalue weighted by molar-refractivity contribution is 6.08. The van der Waals surface area contributed by atoms with Gasteiger partial charge in [-0.25, -0.2) is 0 Å². The Morgan fingerprint density at radius 3 is 2.55 bits per heavy atom. The van der Waals surface area contributed by atoms with Gasteiger partial charge in [0.1, 0.15) is 0 Å². The first-order valence-electron chi connectivity index (χ1n) is 6.54. The number of hydrogen-bond donors (Lipinski definition) is 2. The third kappa shape index (κ3) is 2.96. The maximum atomic E-state index is 12.4. The molecule has 1 aromatic carbocycles. The number of hydrogen-bond acceptors (Lipinski definition) is 3. The summed E-state index contributed by atoms with van der Waals surface area (Å²) in [6.07, 6.45) is 1.60. The van der Waals surface area contributed by atoms with E-state index in [1.807, 2.05) is 45.0 Å². The molecule has 2 rings (SSSR count). The molecule has 1 amide bonds. The first-order chi connectivity index (χ1) is 9.51. The Balaban J connectivity index is 2.30. The molecule has 0 aliphatic carbocycles. The summed E-state index contributed by atoms with van der Waals surface area (Å²) in [6, 6.07) is 7.85. The number of anilines is 2. The minimum absolute atomic E-state index is 0.157. The highest BCUT2D eigenvalue weighted by Crippen LogP contribution is 2.20. The number of rotatable bonds is 3. The van der Waals surface area contributed by atoms with E-state index in [0.717, 1.165) is 28.2 Å². The van der Waals surface area contributed by atoms with E-state index in [1.165, 1.54) is 0 Å². The van der Waals surface area contributed by atoms with Crippen molar-refractivity contribution >= 4 is 17.3 Å². The van der Waals surface area contributed by atoms with Gasteiger partial charge in [0.25, 0.3) is 5.91 Å². The van der Waals surface area contributed by atoms with Crippen LogP contribution in [0.15, 0.2) is 30.5 Å². The van der Waals surface area contributed by atoms with Gasteiger partial charge in [-0.05, 0) is 44.0 Å². The number of amides is 1. The van der Waals surface area contributed by atoms with Gasteiger partial charge in [-0.15, -0.1) is 0 Å². The summed E-state index contributed by atoms with van der Waals surface area (Å²) < 4.78 is 0. The van der Waals surface area contributed by atoms with Gasteiger partial charge in [-0.2, -0.15) is 0 Å². The maximum Gasteiger partial charge on any atom is 0.259 e. The van der Waals surface area contributed by atoms with Gasteiger partial charge in [0.15, 0.2) is 0 Å². The van der Waals surface area contributed by atoms with Crippen LogP contribution in [0.1, 0.15) is 27.2 Å². The van der Waals surface area contributed by atoms with E-state index < -0.39 is 0 Å². The van der Waals surface area contributed by atoms with Crippen molar-refractivity contribution in [1.29, 1.82) is 0 Å². The molecule has 0 atom stereocenters. The normalized spacial score (nSPS) is 10.2. The van der Waals surface area contributed by atoms with Crippen molar-refractivity contribution in [3.05, 3.63) is 52.8 Å². The zero-order valence-electron chi connectivity index (χ0n) is 12.2. The quantitative estimate of drug-likeness (QED) is 0.899. The number of benzene rings is 1. The summed E-state index contributed by atoms with van der Waals surface area (Å²) in [6.45, 7) is 5.87. The fraction of sp³-hybridized carbons (Fsp3) is 0.250. The Kier molecular flexibility index (Phi) is 4.03. The molecule has 0 aliphatic rings. The fourth-order valence-electron chi connectivity index (χ4n) is 2.01. The molecule has 0 unspecified atom stereocenters. The molecular formula is C16H19N3O. The molecule has 0 radical (unpaired) electrons. The Morgan fingerprint density at radius 1 is 1.10 bits per heavy atom. The molecule has 4 heteroatoms. The third-order valence-corrected chi connectivity index (χ3v) is 3.20. The molecule has 2 aromatic rings. The monoisotopic (exact) mass is 269 g/mol. The van der Waals surface area contributed by atoms with Gasteiger partial charge in [0.05, 0.1) is 11.3 Å². The number of pyridine rings is 1. The molecule has 1 heterocycles. The second-order valence-electron chi connectivity index (χ2n) is 4.89. The second kappa shape index (κ2) is 5.74. The summed E-state index contributed by atoms with van der Waals surface area (Å²) in [5.41, 5.74) is 5.17. The van der Waals surface area contributed by atoms with Crippen molar-refractivity contribution in [2.24, 2.45) is 0 Å². The molecule has 0 aliphatic heterocycles. The molecule has 4 nitrogen and oxygen atoms in total. The lowest BCUT2D eigenvalue weighted by Crippen LogP contribution is -2.15. The number of nitrogens with zero attached hydrogens (tertiary/aromatic N) is 1. The van der Waals surface area contributed by atoms with Gasteiger partial charge in [0, 0.05) is 24.6 Å². The smallest absolute Gasteiger partial charge is 0.259 e. The standard InChI is InChI=1S/C16H19N3O/c1-10-5-6-11(2)14(7-10)19-16(20)13-9-18-12(3)8-15(13)17-4/h5-9H,1-4H3,(H,17,18)(H,19,20). The van der Waals surface area contributed by atoms with Crippen LogP contribution in [0.3, 0.4) is 0 Å². The van der Waals surface area contributed by atoms with E-state index in [9.17, 15) is 4.79 Å². The Morgan fingerprint density at radius 2 is 1.85 bits per heavy atom. The Hall–Kier alpha value is -2.36. The summed E-state index contributed by atoms with van der Waals surface area (Å²) in [5.74, 6) is -0.157. The molecule has 1 aromatic heterocycles. The molecule has 2 N–H and O–H groups in total. The van der Waals surface area contributed by atoms with E-state index in [0.29, 0.717) is 5.56 Å². The van der Waals surface area contributed by atoms with Crippen LogP contribution < -0.4 is 10.6 Å². The third-order valence-electron chi connectivity index (χ3n) is 3.20. The largest absolute Gasteiger partial charge is 0.387 e. The highest BCUT2D eigenvalue weighted by atomic mass is 16.1. The van der Waals surface area contributed by atoms with Crippen LogP contribution >= 0.6 is 0 Å². The number of aryl methyl sites for hydroxylation is 3. The molecule has 0 saturated heterocycles. The summed E-state index contributed by atoms with van der Waals surface area (Å²) in [7, 11) is 1.80. The summed E-state index contributed by atoms with van der Waals surface area (Å²) in [4.78, 5) is 16.6.